The van der Waals surface area contributed by atoms with Crippen molar-refractivity contribution < 1.29 is 18.7 Å². The first-order chi connectivity index (χ1) is 12.1. The average Bonchev–Trinajstić information content (AvgIpc) is 3.07. The smallest absolute Gasteiger partial charge is 0.358 e. The number of ether oxygens (including phenoxy) is 2. The van der Waals surface area contributed by atoms with Crippen molar-refractivity contribution in [3.63, 3.8) is 0 Å². The van der Waals surface area contributed by atoms with E-state index in [9.17, 15) is 9.18 Å². The van der Waals surface area contributed by atoms with Crippen LogP contribution in [0.3, 0.4) is 0 Å². The highest BCUT2D eigenvalue weighted by molar-refractivity contribution is 7.17. The molecule has 0 saturated heterocycles. The van der Waals surface area contributed by atoms with Gasteiger partial charge in [-0.25, -0.2) is 19.2 Å². The summed E-state index contributed by atoms with van der Waals surface area (Å²) < 4.78 is 24.3. The van der Waals surface area contributed by atoms with Crippen molar-refractivity contribution in [2.75, 3.05) is 19.0 Å². The molecule has 2 aromatic heterocycles. The van der Waals surface area contributed by atoms with E-state index in [0.29, 0.717) is 21.5 Å². The number of nitrogens with zero attached hydrogens (tertiary/aromatic N) is 2. The lowest BCUT2D eigenvalue weighted by molar-refractivity contribution is 0.0522. The summed E-state index contributed by atoms with van der Waals surface area (Å²) >= 11 is 1.38. The molecule has 1 N–H and O–H groups in total. The number of thiophene rings is 1. The Morgan fingerprint density at radius 3 is 2.92 bits per heavy atom. The molecule has 3 rings (SSSR count). The van der Waals surface area contributed by atoms with Gasteiger partial charge in [0, 0.05) is 12.6 Å². The first kappa shape index (κ1) is 17.1. The second-order valence-corrected chi connectivity index (χ2v) is 6.02. The molecule has 8 heteroatoms. The molecule has 0 aliphatic rings. The second-order valence-electron chi connectivity index (χ2n) is 5.10. The molecular formula is C17H16FN3O3S. The number of halogens is 1. The van der Waals surface area contributed by atoms with Crippen molar-refractivity contribution in [3.8, 4) is 5.75 Å². The minimum atomic E-state index is -0.493. The summed E-state index contributed by atoms with van der Waals surface area (Å²) in [6, 6.07) is 6.22. The minimum Gasteiger partial charge on any atom is -0.497 e. The van der Waals surface area contributed by atoms with Crippen molar-refractivity contribution in [1.82, 2.24) is 9.97 Å². The van der Waals surface area contributed by atoms with E-state index in [0.717, 1.165) is 0 Å². The van der Waals surface area contributed by atoms with Crippen molar-refractivity contribution >= 4 is 33.5 Å². The van der Waals surface area contributed by atoms with Gasteiger partial charge in [-0.1, -0.05) is 0 Å². The number of esters is 1. The fraction of sp³-hybridized carbons (Fsp3) is 0.235. The third-order valence-electron chi connectivity index (χ3n) is 3.39. The molecule has 0 fully saturated rings. The van der Waals surface area contributed by atoms with Crippen LogP contribution in [0.1, 0.15) is 23.0 Å². The molecule has 1 aromatic carbocycles. The third kappa shape index (κ3) is 3.85. The molecule has 0 spiro atoms. The zero-order valence-corrected chi connectivity index (χ0v) is 14.5. The van der Waals surface area contributed by atoms with E-state index < -0.39 is 11.8 Å². The number of carbonyl (C=O) groups excluding carboxylic acids is 1. The topological polar surface area (TPSA) is 73.3 Å². The molecule has 3 aromatic rings. The van der Waals surface area contributed by atoms with Crippen molar-refractivity contribution in [2.24, 2.45) is 0 Å². The third-order valence-corrected chi connectivity index (χ3v) is 4.30. The zero-order valence-electron chi connectivity index (χ0n) is 13.7. The molecule has 0 saturated carbocycles. The Morgan fingerprint density at radius 2 is 2.16 bits per heavy atom. The SMILES string of the molecule is CCOC(=O)c1nc(NCc2cc(F)cc(OC)c2)nc2ccsc12. The number of aromatic nitrogens is 2. The van der Waals surface area contributed by atoms with Gasteiger partial charge in [0.1, 0.15) is 11.6 Å². The van der Waals surface area contributed by atoms with Crippen LogP contribution in [0.15, 0.2) is 29.6 Å². The molecule has 6 nitrogen and oxygen atoms in total. The number of carbonyl (C=O) groups is 1. The molecule has 130 valence electrons. The van der Waals surface area contributed by atoms with Crippen LogP contribution in [-0.4, -0.2) is 29.7 Å². The lowest BCUT2D eigenvalue weighted by Crippen LogP contribution is -2.11. The molecule has 0 bridgehead atoms. The summed E-state index contributed by atoms with van der Waals surface area (Å²) in [4.78, 5) is 20.7. The average molecular weight is 361 g/mol. The summed E-state index contributed by atoms with van der Waals surface area (Å²) in [5, 5.41) is 4.85. The van der Waals surface area contributed by atoms with Crippen LogP contribution in [0.25, 0.3) is 10.2 Å². The van der Waals surface area contributed by atoms with E-state index in [1.54, 1.807) is 19.1 Å². The lowest BCUT2D eigenvalue weighted by Gasteiger charge is -2.09. The molecular weight excluding hydrogens is 345 g/mol. The van der Waals surface area contributed by atoms with Crippen LogP contribution in [0.5, 0.6) is 5.75 Å². The molecule has 0 atom stereocenters. The summed E-state index contributed by atoms with van der Waals surface area (Å²) in [7, 11) is 1.48. The number of anilines is 1. The van der Waals surface area contributed by atoms with Crippen LogP contribution in [0, 0.1) is 5.82 Å². The first-order valence-electron chi connectivity index (χ1n) is 7.60. The van der Waals surface area contributed by atoms with E-state index in [-0.39, 0.29) is 24.8 Å². The van der Waals surface area contributed by atoms with E-state index in [4.69, 9.17) is 9.47 Å². The van der Waals surface area contributed by atoms with Gasteiger partial charge in [0.25, 0.3) is 0 Å². The number of hydrogen-bond donors (Lipinski definition) is 1. The van der Waals surface area contributed by atoms with Crippen LogP contribution >= 0.6 is 11.3 Å². The van der Waals surface area contributed by atoms with Gasteiger partial charge in [-0.3, -0.25) is 0 Å². The first-order valence-corrected chi connectivity index (χ1v) is 8.48. The quantitative estimate of drug-likeness (QED) is 0.676. The largest absolute Gasteiger partial charge is 0.497 e. The van der Waals surface area contributed by atoms with Gasteiger partial charge in [-0.2, -0.15) is 0 Å². The van der Waals surface area contributed by atoms with Gasteiger partial charge in [-0.15, -0.1) is 11.3 Å². The Kier molecular flexibility index (Phi) is 5.08. The Labute approximate surface area is 147 Å². The zero-order chi connectivity index (χ0) is 17.8. The van der Waals surface area contributed by atoms with Gasteiger partial charge in [-0.05, 0) is 36.1 Å². The van der Waals surface area contributed by atoms with E-state index in [2.05, 4.69) is 15.3 Å². The van der Waals surface area contributed by atoms with Crippen LogP contribution in [0.4, 0.5) is 10.3 Å². The van der Waals surface area contributed by atoms with Gasteiger partial charge in [0.05, 0.1) is 23.9 Å². The predicted molar refractivity (Wildman–Crippen MR) is 93.7 cm³/mol. The fourth-order valence-corrected chi connectivity index (χ4v) is 3.11. The number of hydrogen-bond acceptors (Lipinski definition) is 7. The van der Waals surface area contributed by atoms with Crippen LogP contribution in [0.2, 0.25) is 0 Å². The van der Waals surface area contributed by atoms with E-state index in [1.165, 1.54) is 30.6 Å². The second kappa shape index (κ2) is 7.43. The predicted octanol–water partition coefficient (Wildman–Crippen LogP) is 3.63. The molecule has 0 amide bonds. The molecule has 0 radical (unpaired) electrons. The molecule has 0 unspecified atom stereocenters. The summed E-state index contributed by atoms with van der Waals surface area (Å²) in [6.07, 6.45) is 0. The number of fused-ring (bicyclic) bond motifs is 1. The highest BCUT2D eigenvalue weighted by Crippen LogP contribution is 2.24. The van der Waals surface area contributed by atoms with Crippen molar-refractivity contribution in [2.45, 2.75) is 13.5 Å². The summed E-state index contributed by atoms with van der Waals surface area (Å²) in [6.45, 7) is 2.29. The normalized spacial score (nSPS) is 10.7. The number of rotatable bonds is 6. The van der Waals surface area contributed by atoms with Gasteiger partial charge < -0.3 is 14.8 Å². The highest BCUT2D eigenvalue weighted by atomic mass is 32.1. The van der Waals surface area contributed by atoms with Crippen LogP contribution < -0.4 is 10.1 Å². The maximum Gasteiger partial charge on any atom is 0.358 e. The standard InChI is InChI=1S/C17H16FN3O3S/c1-3-24-16(22)14-15-13(4-5-25-15)20-17(21-14)19-9-10-6-11(18)8-12(7-10)23-2/h4-8H,3,9H2,1-2H3,(H,19,20,21). The molecule has 25 heavy (non-hydrogen) atoms. The van der Waals surface area contributed by atoms with E-state index in [1.807, 2.05) is 5.38 Å². The Hall–Kier alpha value is -2.74. The Morgan fingerprint density at radius 1 is 1.32 bits per heavy atom. The minimum absolute atomic E-state index is 0.223. The molecule has 0 aliphatic carbocycles. The van der Waals surface area contributed by atoms with Crippen molar-refractivity contribution in [1.29, 1.82) is 0 Å². The summed E-state index contributed by atoms with van der Waals surface area (Å²) in [5.74, 6) is -0.180. The monoisotopic (exact) mass is 361 g/mol. The number of nitrogens with one attached hydrogen (secondary N) is 1. The lowest BCUT2D eigenvalue weighted by atomic mass is 10.2. The van der Waals surface area contributed by atoms with Gasteiger partial charge in [0.15, 0.2) is 5.69 Å². The van der Waals surface area contributed by atoms with Crippen LogP contribution in [-0.2, 0) is 11.3 Å². The van der Waals surface area contributed by atoms with Gasteiger partial charge in [0.2, 0.25) is 5.95 Å². The highest BCUT2D eigenvalue weighted by Gasteiger charge is 2.17. The van der Waals surface area contributed by atoms with E-state index >= 15 is 0 Å². The van der Waals surface area contributed by atoms with Crippen molar-refractivity contribution in [3.05, 3.63) is 46.7 Å². The maximum absolute atomic E-state index is 13.6. The summed E-state index contributed by atoms with van der Waals surface area (Å²) in [5.41, 5.74) is 1.55. The number of methoxy groups -OCH3 is 1. The molecule has 2 heterocycles. The molecule has 0 aliphatic heterocycles. The fourth-order valence-electron chi connectivity index (χ4n) is 2.30. The number of benzene rings is 1. The Bertz CT molecular complexity index is 913. The van der Waals surface area contributed by atoms with Gasteiger partial charge >= 0.3 is 5.97 Å². The Balaban J connectivity index is 1.86. The maximum atomic E-state index is 13.6.